The standard InChI is InChI=1S/C42H77O10P/c1-3-5-7-9-11-13-15-17-19-21-23-25-27-29-31-33-41(45)49-37-40(38-51-53(47,48)50-36-39(44)35-43)52-42(46)34-32-30-28-26-24-22-20-18-16-14-12-10-8-6-4-2/h23,25,28,30,32,34,39-40,43-44H,3-22,24,26-27,29,31,33,35-38H2,1-2H3,(H,47,48)/b25-23+,30-28+,34-32+/t39-,40+/m0/s1. The van der Waals surface area contributed by atoms with Crippen LogP contribution >= 0.6 is 7.82 Å². The molecule has 0 radical (unpaired) electrons. The maximum absolute atomic E-state index is 12.5. The van der Waals surface area contributed by atoms with Gasteiger partial charge in [-0.05, 0) is 44.9 Å². The van der Waals surface area contributed by atoms with E-state index < -0.39 is 51.8 Å². The number of carbonyl (C=O) groups excluding carboxylic acids is 2. The molecule has 0 spiro atoms. The van der Waals surface area contributed by atoms with Gasteiger partial charge in [-0.3, -0.25) is 13.8 Å². The fourth-order valence-electron chi connectivity index (χ4n) is 5.60. The van der Waals surface area contributed by atoms with Gasteiger partial charge < -0.3 is 24.6 Å². The van der Waals surface area contributed by atoms with Gasteiger partial charge in [0.2, 0.25) is 0 Å². The first-order valence-corrected chi connectivity index (χ1v) is 22.5. The number of unbranched alkanes of at least 4 members (excludes halogenated alkanes) is 22. The molecule has 3 N–H and O–H groups in total. The first-order valence-electron chi connectivity index (χ1n) is 21.0. The molecule has 0 aliphatic carbocycles. The molecule has 0 aliphatic rings. The van der Waals surface area contributed by atoms with Crippen molar-refractivity contribution in [2.24, 2.45) is 0 Å². The zero-order chi connectivity index (χ0) is 39.1. The van der Waals surface area contributed by atoms with Crippen LogP contribution in [0.15, 0.2) is 36.5 Å². The molecule has 0 aromatic rings. The molecule has 0 aromatic carbocycles. The lowest BCUT2D eigenvalue weighted by Crippen LogP contribution is -2.29. The maximum atomic E-state index is 12.5. The summed E-state index contributed by atoms with van der Waals surface area (Å²) in [5.74, 6) is -1.20. The van der Waals surface area contributed by atoms with E-state index in [4.69, 9.17) is 19.1 Å². The van der Waals surface area contributed by atoms with Crippen molar-refractivity contribution in [1.82, 2.24) is 0 Å². The van der Waals surface area contributed by atoms with E-state index in [1.807, 2.05) is 6.08 Å². The number of aliphatic hydroxyl groups excluding tert-OH is 2. The van der Waals surface area contributed by atoms with Crippen molar-refractivity contribution in [2.45, 2.75) is 193 Å². The second kappa shape index (κ2) is 38.5. The molecule has 0 saturated heterocycles. The smallest absolute Gasteiger partial charge is 0.462 e. The Morgan fingerprint density at radius 2 is 1.06 bits per heavy atom. The predicted octanol–water partition coefficient (Wildman–Crippen LogP) is 10.8. The topological polar surface area (TPSA) is 149 Å². The highest BCUT2D eigenvalue weighted by molar-refractivity contribution is 7.47. The number of allylic oxidation sites excluding steroid dienone is 5. The van der Waals surface area contributed by atoms with Crippen LogP contribution in [0.3, 0.4) is 0 Å². The Balaban J connectivity index is 4.44. The van der Waals surface area contributed by atoms with Crippen LogP contribution in [0.25, 0.3) is 0 Å². The number of esters is 2. The van der Waals surface area contributed by atoms with E-state index in [0.717, 1.165) is 32.1 Å². The largest absolute Gasteiger partial charge is 0.472 e. The molecule has 11 heteroatoms. The summed E-state index contributed by atoms with van der Waals surface area (Å²) in [4.78, 5) is 34.8. The zero-order valence-electron chi connectivity index (χ0n) is 33.5. The number of phosphoric ester groups is 1. The van der Waals surface area contributed by atoms with Crippen LogP contribution in [-0.4, -0.2) is 65.7 Å². The Labute approximate surface area is 322 Å². The molecule has 0 aromatic heterocycles. The summed E-state index contributed by atoms with van der Waals surface area (Å²) in [7, 11) is -4.64. The van der Waals surface area contributed by atoms with Crippen molar-refractivity contribution in [2.75, 3.05) is 26.4 Å². The normalized spacial score (nSPS) is 14.3. The molecule has 0 heterocycles. The van der Waals surface area contributed by atoms with Crippen molar-refractivity contribution in [3.63, 3.8) is 0 Å². The van der Waals surface area contributed by atoms with Gasteiger partial charge in [-0.25, -0.2) is 9.36 Å². The van der Waals surface area contributed by atoms with E-state index in [1.54, 1.807) is 12.2 Å². The molecule has 1 unspecified atom stereocenters. The Morgan fingerprint density at radius 3 is 1.57 bits per heavy atom. The summed E-state index contributed by atoms with van der Waals surface area (Å²) >= 11 is 0. The van der Waals surface area contributed by atoms with E-state index in [9.17, 15) is 24.2 Å². The van der Waals surface area contributed by atoms with Gasteiger partial charge in [0.05, 0.1) is 19.8 Å². The van der Waals surface area contributed by atoms with Crippen LogP contribution in [0.2, 0.25) is 0 Å². The number of hydrogen-bond donors (Lipinski definition) is 3. The minimum atomic E-state index is -4.64. The van der Waals surface area contributed by atoms with E-state index in [0.29, 0.717) is 6.42 Å². The summed E-state index contributed by atoms with van der Waals surface area (Å²) in [6, 6.07) is 0. The van der Waals surface area contributed by atoms with E-state index in [2.05, 4.69) is 30.5 Å². The molecule has 0 fully saturated rings. The molecule has 0 amide bonds. The Morgan fingerprint density at radius 1 is 0.604 bits per heavy atom. The quantitative estimate of drug-likeness (QED) is 0.0138. The van der Waals surface area contributed by atoms with Gasteiger partial charge in [0.15, 0.2) is 6.10 Å². The summed E-state index contributed by atoms with van der Waals surface area (Å²) in [6.07, 6.45) is 38.9. The monoisotopic (exact) mass is 773 g/mol. The third-order valence-corrected chi connectivity index (χ3v) is 9.82. The van der Waals surface area contributed by atoms with E-state index in [1.165, 1.54) is 128 Å². The van der Waals surface area contributed by atoms with Crippen LogP contribution in [0, 0.1) is 0 Å². The molecule has 3 atom stereocenters. The SMILES string of the molecule is CCCCCCCCCCC/C=C/CCCCC(=O)OC[C@H](COP(=O)(O)OC[C@@H](O)CO)OC(=O)/C=C/C=C/CCCCCCCCCCCCC. The third kappa shape index (κ3) is 38.3. The summed E-state index contributed by atoms with van der Waals surface area (Å²) < 4.78 is 32.4. The van der Waals surface area contributed by atoms with Crippen molar-refractivity contribution >= 4 is 19.8 Å². The molecule has 0 rings (SSSR count). The van der Waals surface area contributed by atoms with Gasteiger partial charge in [-0.1, -0.05) is 160 Å². The molecule has 0 bridgehead atoms. The lowest BCUT2D eigenvalue weighted by Gasteiger charge is -2.19. The van der Waals surface area contributed by atoms with Crippen LogP contribution in [0.5, 0.6) is 0 Å². The number of rotatable bonds is 39. The number of carbonyl (C=O) groups is 2. The minimum absolute atomic E-state index is 0.193. The van der Waals surface area contributed by atoms with Crippen molar-refractivity contribution in [3.05, 3.63) is 36.5 Å². The van der Waals surface area contributed by atoms with Crippen LogP contribution in [-0.2, 0) is 32.7 Å². The fourth-order valence-corrected chi connectivity index (χ4v) is 6.39. The number of hydrogen-bond acceptors (Lipinski definition) is 9. The zero-order valence-corrected chi connectivity index (χ0v) is 34.4. The average molecular weight is 773 g/mol. The van der Waals surface area contributed by atoms with Gasteiger partial charge in [0, 0.05) is 12.5 Å². The minimum Gasteiger partial charge on any atom is -0.462 e. The lowest BCUT2D eigenvalue weighted by molar-refractivity contribution is -0.157. The molecule has 10 nitrogen and oxygen atoms in total. The second-order valence-electron chi connectivity index (χ2n) is 14.1. The van der Waals surface area contributed by atoms with E-state index >= 15 is 0 Å². The molecular weight excluding hydrogens is 695 g/mol. The highest BCUT2D eigenvalue weighted by atomic mass is 31.2. The molecular formula is C42H77O10P. The van der Waals surface area contributed by atoms with Crippen LogP contribution in [0.1, 0.15) is 181 Å². The molecule has 0 saturated carbocycles. The Hall–Kier alpha value is -1.81. The number of ether oxygens (including phenoxy) is 2. The number of aliphatic hydroxyl groups is 2. The molecule has 310 valence electrons. The number of phosphoric acid groups is 1. The van der Waals surface area contributed by atoms with Crippen molar-refractivity contribution in [3.8, 4) is 0 Å². The highest BCUT2D eigenvalue weighted by Crippen LogP contribution is 2.43. The highest BCUT2D eigenvalue weighted by Gasteiger charge is 2.26. The predicted molar refractivity (Wildman–Crippen MR) is 214 cm³/mol. The summed E-state index contributed by atoms with van der Waals surface area (Å²) in [5.41, 5.74) is 0. The Bertz CT molecular complexity index is 983. The third-order valence-electron chi connectivity index (χ3n) is 8.87. The van der Waals surface area contributed by atoms with Crippen LogP contribution < -0.4 is 0 Å². The first kappa shape index (κ1) is 51.2. The first-order chi connectivity index (χ1) is 25.7. The van der Waals surface area contributed by atoms with Crippen molar-refractivity contribution < 1.29 is 47.8 Å². The molecule has 53 heavy (non-hydrogen) atoms. The average Bonchev–Trinajstić information content (AvgIpc) is 3.14. The fraction of sp³-hybridized carbons (Fsp3) is 0.810. The maximum Gasteiger partial charge on any atom is 0.472 e. The van der Waals surface area contributed by atoms with E-state index in [-0.39, 0.29) is 13.0 Å². The lowest BCUT2D eigenvalue weighted by atomic mass is 10.1. The molecule has 0 aliphatic heterocycles. The summed E-state index contributed by atoms with van der Waals surface area (Å²) in [6.45, 7) is 2.23. The Kier molecular flexibility index (Phi) is 37.2. The second-order valence-corrected chi connectivity index (χ2v) is 15.5. The van der Waals surface area contributed by atoms with Gasteiger partial charge in [0.1, 0.15) is 12.7 Å². The van der Waals surface area contributed by atoms with Gasteiger partial charge in [0.25, 0.3) is 0 Å². The van der Waals surface area contributed by atoms with Gasteiger partial charge in [-0.2, -0.15) is 0 Å². The van der Waals surface area contributed by atoms with Gasteiger partial charge in [-0.15, -0.1) is 0 Å². The van der Waals surface area contributed by atoms with Gasteiger partial charge >= 0.3 is 19.8 Å². The van der Waals surface area contributed by atoms with Crippen molar-refractivity contribution in [1.29, 1.82) is 0 Å². The summed E-state index contributed by atoms with van der Waals surface area (Å²) in [5, 5.41) is 18.3. The van der Waals surface area contributed by atoms with Crippen LogP contribution in [0.4, 0.5) is 0 Å².